The normalized spacial score (nSPS) is 16.3. The largest absolute Gasteiger partial charge is 0.347 e. The van der Waals surface area contributed by atoms with Gasteiger partial charge >= 0.3 is 0 Å². The molecule has 3 rings (SSSR count). The lowest BCUT2D eigenvalue weighted by Gasteiger charge is -2.20. The van der Waals surface area contributed by atoms with Crippen LogP contribution in [0.5, 0.6) is 0 Å². The number of amides is 2. The van der Waals surface area contributed by atoms with Crippen LogP contribution in [0.2, 0.25) is 0 Å². The average molecular weight is 255 g/mol. The van der Waals surface area contributed by atoms with Crippen LogP contribution in [0.25, 0.3) is 10.9 Å². The minimum atomic E-state index is -0.0888. The summed E-state index contributed by atoms with van der Waals surface area (Å²) in [5.41, 5.74) is 1.70. The highest BCUT2D eigenvalue weighted by Gasteiger charge is 2.21. The number of benzene rings is 1. The molecule has 0 saturated carbocycles. The van der Waals surface area contributed by atoms with Crippen LogP contribution in [0.1, 0.15) is 6.42 Å². The van der Waals surface area contributed by atoms with Gasteiger partial charge in [0.15, 0.2) is 0 Å². The molecular formula is C14H13N3O2. The third-order valence-electron chi connectivity index (χ3n) is 3.20. The van der Waals surface area contributed by atoms with E-state index in [1.807, 2.05) is 30.3 Å². The van der Waals surface area contributed by atoms with Crippen LogP contribution in [0.4, 0.5) is 5.69 Å². The topological polar surface area (TPSA) is 62.3 Å². The first kappa shape index (κ1) is 11.6. The summed E-state index contributed by atoms with van der Waals surface area (Å²) in [6.07, 6.45) is 2.07. The molecular weight excluding hydrogens is 242 g/mol. The van der Waals surface area contributed by atoms with Crippen LogP contribution in [-0.2, 0) is 9.59 Å². The van der Waals surface area contributed by atoms with Gasteiger partial charge in [-0.25, -0.2) is 0 Å². The zero-order chi connectivity index (χ0) is 13.2. The van der Waals surface area contributed by atoms with E-state index in [0.717, 1.165) is 16.6 Å². The standard InChI is InChI=1S/C14H13N3O2/c18-13-5-7-17(14(19)9-16-13)11-3-4-12-10(8-11)2-1-6-15-12/h1-4,6,8H,5,7,9H2,(H,16,18). The molecule has 19 heavy (non-hydrogen) atoms. The quantitative estimate of drug-likeness (QED) is 0.829. The number of hydrogen-bond acceptors (Lipinski definition) is 3. The Morgan fingerprint density at radius 3 is 3.00 bits per heavy atom. The number of anilines is 1. The van der Waals surface area contributed by atoms with Gasteiger partial charge in [0, 0.05) is 30.2 Å². The minimum absolute atomic E-state index is 0.0594. The van der Waals surface area contributed by atoms with Crippen molar-refractivity contribution in [2.45, 2.75) is 6.42 Å². The van der Waals surface area contributed by atoms with Gasteiger partial charge in [-0.1, -0.05) is 6.07 Å². The highest BCUT2D eigenvalue weighted by molar-refractivity contribution is 6.00. The molecule has 0 bridgehead atoms. The summed E-state index contributed by atoms with van der Waals surface area (Å²) in [6, 6.07) is 9.50. The molecule has 2 heterocycles. The van der Waals surface area contributed by atoms with Crippen molar-refractivity contribution in [3.63, 3.8) is 0 Å². The zero-order valence-electron chi connectivity index (χ0n) is 10.3. The van der Waals surface area contributed by atoms with Gasteiger partial charge < -0.3 is 10.2 Å². The molecule has 0 unspecified atom stereocenters. The Morgan fingerprint density at radius 1 is 1.21 bits per heavy atom. The molecule has 0 spiro atoms. The molecule has 0 aliphatic carbocycles. The second-order valence-electron chi connectivity index (χ2n) is 4.45. The van der Waals surface area contributed by atoms with Gasteiger partial charge in [-0.3, -0.25) is 14.6 Å². The summed E-state index contributed by atoms with van der Waals surface area (Å²) >= 11 is 0. The fraction of sp³-hybridized carbons (Fsp3) is 0.214. The van der Waals surface area contributed by atoms with E-state index in [1.165, 1.54) is 0 Å². The minimum Gasteiger partial charge on any atom is -0.347 e. The van der Waals surface area contributed by atoms with Gasteiger partial charge in [0.1, 0.15) is 0 Å². The van der Waals surface area contributed by atoms with Gasteiger partial charge in [-0.05, 0) is 24.3 Å². The predicted molar refractivity (Wildman–Crippen MR) is 71.7 cm³/mol. The molecule has 1 aromatic carbocycles. The molecule has 5 nitrogen and oxygen atoms in total. The Balaban J connectivity index is 1.98. The van der Waals surface area contributed by atoms with Gasteiger partial charge in [0.2, 0.25) is 11.8 Å². The number of carbonyl (C=O) groups excluding carboxylic acids is 2. The van der Waals surface area contributed by atoms with E-state index in [-0.39, 0.29) is 18.4 Å². The fourth-order valence-corrected chi connectivity index (χ4v) is 2.20. The van der Waals surface area contributed by atoms with Crippen LogP contribution < -0.4 is 10.2 Å². The van der Waals surface area contributed by atoms with E-state index in [0.29, 0.717) is 13.0 Å². The summed E-state index contributed by atoms with van der Waals surface area (Å²) in [5, 5.41) is 3.57. The fourth-order valence-electron chi connectivity index (χ4n) is 2.20. The lowest BCUT2D eigenvalue weighted by atomic mass is 10.2. The van der Waals surface area contributed by atoms with Crippen molar-refractivity contribution >= 4 is 28.4 Å². The van der Waals surface area contributed by atoms with Crippen LogP contribution in [0.15, 0.2) is 36.5 Å². The van der Waals surface area contributed by atoms with E-state index < -0.39 is 0 Å². The van der Waals surface area contributed by atoms with Gasteiger partial charge in [-0.2, -0.15) is 0 Å². The van der Waals surface area contributed by atoms with E-state index in [1.54, 1.807) is 11.1 Å². The van der Waals surface area contributed by atoms with E-state index in [4.69, 9.17) is 0 Å². The molecule has 1 saturated heterocycles. The van der Waals surface area contributed by atoms with Crippen LogP contribution >= 0.6 is 0 Å². The Bertz CT molecular complexity index is 654. The highest BCUT2D eigenvalue weighted by Crippen LogP contribution is 2.21. The lowest BCUT2D eigenvalue weighted by molar-refractivity contribution is -0.123. The van der Waals surface area contributed by atoms with Crippen LogP contribution in [0.3, 0.4) is 0 Å². The lowest BCUT2D eigenvalue weighted by Crippen LogP contribution is -2.35. The molecule has 1 N–H and O–H groups in total. The molecule has 0 radical (unpaired) electrons. The molecule has 0 atom stereocenters. The van der Waals surface area contributed by atoms with E-state index in [9.17, 15) is 9.59 Å². The first-order valence-electron chi connectivity index (χ1n) is 6.16. The van der Waals surface area contributed by atoms with Crippen molar-refractivity contribution < 1.29 is 9.59 Å². The summed E-state index contributed by atoms with van der Waals surface area (Å²) in [5.74, 6) is -0.174. The van der Waals surface area contributed by atoms with Gasteiger partial charge in [0.25, 0.3) is 0 Å². The maximum atomic E-state index is 12.0. The maximum absolute atomic E-state index is 12.0. The average Bonchev–Trinajstić information content (AvgIpc) is 2.61. The number of nitrogens with zero attached hydrogens (tertiary/aromatic N) is 2. The third-order valence-corrected chi connectivity index (χ3v) is 3.20. The molecule has 5 heteroatoms. The SMILES string of the molecule is O=C1CCN(c2ccc3ncccc3c2)C(=O)CN1. The Morgan fingerprint density at radius 2 is 2.11 bits per heavy atom. The van der Waals surface area contributed by atoms with Crippen molar-refractivity contribution in [1.82, 2.24) is 10.3 Å². The first-order chi connectivity index (χ1) is 9.24. The number of pyridine rings is 1. The van der Waals surface area contributed by atoms with Crippen LogP contribution in [0, 0.1) is 0 Å². The maximum Gasteiger partial charge on any atom is 0.246 e. The number of carbonyl (C=O) groups is 2. The summed E-state index contributed by atoms with van der Waals surface area (Å²) in [7, 11) is 0. The summed E-state index contributed by atoms with van der Waals surface area (Å²) in [4.78, 5) is 29.2. The number of rotatable bonds is 1. The second kappa shape index (κ2) is 4.68. The van der Waals surface area contributed by atoms with E-state index >= 15 is 0 Å². The Hall–Kier alpha value is -2.43. The zero-order valence-corrected chi connectivity index (χ0v) is 10.3. The summed E-state index contributed by atoms with van der Waals surface area (Å²) < 4.78 is 0. The first-order valence-corrected chi connectivity index (χ1v) is 6.16. The second-order valence-corrected chi connectivity index (χ2v) is 4.45. The third kappa shape index (κ3) is 2.27. The number of nitrogens with one attached hydrogen (secondary N) is 1. The van der Waals surface area contributed by atoms with Crippen molar-refractivity contribution in [2.75, 3.05) is 18.0 Å². The monoisotopic (exact) mass is 255 g/mol. The molecule has 1 aromatic heterocycles. The molecule has 96 valence electrons. The predicted octanol–water partition coefficient (Wildman–Crippen LogP) is 1.09. The van der Waals surface area contributed by atoms with Crippen molar-refractivity contribution in [3.8, 4) is 0 Å². The number of fused-ring (bicyclic) bond motifs is 1. The Kier molecular flexibility index (Phi) is 2.87. The molecule has 1 fully saturated rings. The van der Waals surface area contributed by atoms with Crippen molar-refractivity contribution in [3.05, 3.63) is 36.5 Å². The van der Waals surface area contributed by atoms with Crippen molar-refractivity contribution in [2.24, 2.45) is 0 Å². The van der Waals surface area contributed by atoms with Gasteiger partial charge in [0.05, 0.1) is 12.1 Å². The van der Waals surface area contributed by atoms with Crippen molar-refractivity contribution in [1.29, 1.82) is 0 Å². The van der Waals surface area contributed by atoms with E-state index in [2.05, 4.69) is 10.3 Å². The number of hydrogen-bond donors (Lipinski definition) is 1. The molecule has 2 aromatic rings. The number of aromatic nitrogens is 1. The highest BCUT2D eigenvalue weighted by atomic mass is 16.2. The Labute approximate surface area is 110 Å². The smallest absolute Gasteiger partial charge is 0.246 e. The molecule has 1 aliphatic rings. The molecule has 1 aliphatic heterocycles. The van der Waals surface area contributed by atoms with Gasteiger partial charge in [-0.15, -0.1) is 0 Å². The summed E-state index contributed by atoms with van der Waals surface area (Å²) in [6.45, 7) is 0.473. The molecule has 2 amide bonds. The van der Waals surface area contributed by atoms with Crippen LogP contribution in [-0.4, -0.2) is 29.9 Å².